The number of hydrogen-bond donors (Lipinski definition) is 1. The fourth-order valence-electron chi connectivity index (χ4n) is 2.59. The van der Waals surface area contributed by atoms with Crippen LogP contribution in [-0.4, -0.2) is 23.8 Å². The van der Waals surface area contributed by atoms with E-state index in [1.165, 1.54) is 12.1 Å². The summed E-state index contributed by atoms with van der Waals surface area (Å²) in [7, 11) is 0. The number of nitrogens with one attached hydrogen (secondary N) is 1. The Labute approximate surface area is 142 Å². The summed E-state index contributed by atoms with van der Waals surface area (Å²) in [4.78, 5) is 17.4. The number of aromatic nitrogens is 1. The Bertz CT molecular complexity index is 730. The Hall–Kier alpha value is -2.77. The van der Waals surface area contributed by atoms with E-state index in [2.05, 4.69) is 15.0 Å². The molecule has 1 aromatic heterocycles. The van der Waals surface area contributed by atoms with Crippen molar-refractivity contribution in [2.24, 2.45) is 0 Å². The number of alkyl halides is 3. The number of benzene rings is 1. The second kappa shape index (κ2) is 7.00. The van der Waals surface area contributed by atoms with Crippen LogP contribution in [0.5, 0.6) is 5.75 Å². The van der Waals surface area contributed by atoms with Gasteiger partial charge in [0.25, 0.3) is 0 Å². The van der Waals surface area contributed by atoms with Crippen LogP contribution in [0.3, 0.4) is 0 Å². The molecular weight excluding hydrogens is 335 g/mol. The summed E-state index contributed by atoms with van der Waals surface area (Å²) >= 11 is 0. The van der Waals surface area contributed by atoms with E-state index in [-0.39, 0.29) is 11.7 Å². The van der Waals surface area contributed by atoms with Crippen LogP contribution >= 0.6 is 0 Å². The number of hydrogen-bond acceptors (Lipinski definition) is 4. The lowest BCUT2D eigenvalue weighted by Gasteiger charge is -2.16. The zero-order valence-electron chi connectivity index (χ0n) is 13.2. The van der Waals surface area contributed by atoms with Gasteiger partial charge in [-0.3, -0.25) is 4.79 Å². The first kappa shape index (κ1) is 17.1. The first-order valence-electron chi connectivity index (χ1n) is 7.76. The summed E-state index contributed by atoms with van der Waals surface area (Å²) < 4.78 is 40.0. The Balaban J connectivity index is 1.55. The number of rotatable bonds is 5. The van der Waals surface area contributed by atoms with Crippen molar-refractivity contribution in [3.05, 3.63) is 48.2 Å². The number of pyridine rings is 1. The van der Waals surface area contributed by atoms with Crippen molar-refractivity contribution in [3.63, 3.8) is 0 Å². The third-order valence-corrected chi connectivity index (χ3v) is 3.76. The number of amides is 1. The highest BCUT2D eigenvalue weighted by molar-refractivity contribution is 5.95. The van der Waals surface area contributed by atoms with Gasteiger partial charge in [-0.05, 0) is 36.2 Å². The monoisotopic (exact) mass is 351 g/mol. The molecule has 3 rings (SSSR count). The molecule has 0 spiro atoms. The maximum Gasteiger partial charge on any atom is 0.573 e. The fraction of sp³-hybridized carbons (Fsp3) is 0.294. The number of anilines is 2. The summed E-state index contributed by atoms with van der Waals surface area (Å²) in [5.74, 6) is 0.210. The Morgan fingerprint density at radius 2 is 1.92 bits per heavy atom. The molecule has 0 atom stereocenters. The predicted octanol–water partition coefficient (Wildman–Crippen LogP) is 3.72. The molecular formula is C17H16F3N3O2. The van der Waals surface area contributed by atoms with E-state index >= 15 is 0 Å². The van der Waals surface area contributed by atoms with Gasteiger partial charge < -0.3 is 15.0 Å². The standard InChI is InChI=1S/C17H16F3N3O2/c18-17(19,20)25-14-7-8-15(22-11-14)21-10-12-3-5-13(6-4-12)23-9-1-2-16(23)24/h3-8,11H,1-2,9-10H2,(H,21,22). The van der Waals surface area contributed by atoms with Crippen molar-refractivity contribution >= 4 is 17.4 Å². The molecule has 2 aromatic rings. The lowest BCUT2D eigenvalue weighted by molar-refractivity contribution is -0.274. The quantitative estimate of drug-likeness (QED) is 0.892. The molecule has 132 valence electrons. The van der Waals surface area contributed by atoms with E-state index in [1.807, 2.05) is 24.3 Å². The average Bonchev–Trinajstić information content (AvgIpc) is 2.99. The van der Waals surface area contributed by atoms with Gasteiger partial charge in [-0.15, -0.1) is 13.2 Å². The molecule has 1 N–H and O–H groups in total. The van der Waals surface area contributed by atoms with Crippen molar-refractivity contribution in [3.8, 4) is 5.75 Å². The fourth-order valence-corrected chi connectivity index (χ4v) is 2.59. The van der Waals surface area contributed by atoms with E-state index in [0.717, 1.165) is 30.4 Å². The van der Waals surface area contributed by atoms with E-state index in [9.17, 15) is 18.0 Å². The Morgan fingerprint density at radius 1 is 1.16 bits per heavy atom. The molecule has 8 heteroatoms. The summed E-state index contributed by atoms with van der Waals surface area (Å²) in [5.41, 5.74) is 1.84. The van der Waals surface area contributed by atoms with E-state index in [1.54, 1.807) is 4.90 Å². The molecule has 0 saturated carbocycles. The van der Waals surface area contributed by atoms with Crippen LogP contribution in [0.15, 0.2) is 42.6 Å². The van der Waals surface area contributed by atoms with Gasteiger partial charge in [-0.1, -0.05) is 12.1 Å². The summed E-state index contributed by atoms with van der Waals surface area (Å²) in [6.07, 6.45) is -2.25. The van der Waals surface area contributed by atoms with Crippen LogP contribution in [0.2, 0.25) is 0 Å². The first-order valence-corrected chi connectivity index (χ1v) is 7.76. The molecule has 1 fully saturated rings. The smallest absolute Gasteiger partial charge is 0.404 e. The van der Waals surface area contributed by atoms with Crippen LogP contribution in [0.25, 0.3) is 0 Å². The number of ether oxygens (including phenoxy) is 1. The minimum absolute atomic E-state index is 0.135. The van der Waals surface area contributed by atoms with Crippen molar-refractivity contribution in [1.82, 2.24) is 4.98 Å². The summed E-state index contributed by atoms with van der Waals surface area (Å²) in [6.45, 7) is 1.20. The van der Waals surface area contributed by atoms with Crippen LogP contribution < -0.4 is 15.0 Å². The molecule has 1 aliphatic heterocycles. The molecule has 5 nitrogen and oxygen atoms in total. The molecule has 1 aliphatic rings. The molecule has 2 heterocycles. The van der Waals surface area contributed by atoms with Crippen molar-refractivity contribution < 1.29 is 22.7 Å². The largest absolute Gasteiger partial charge is 0.573 e. The molecule has 0 bridgehead atoms. The van der Waals surface area contributed by atoms with E-state index in [4.69, 9.17) is 0 Å². The van der Waals surface area contributed by atoms with Gasteiger partial charge in [-0.2, -0.15) is 0 Å². The van der Waals surface area contributed by atoms with Crippen molar-refractivity contribution in [1.29, 1.82) is 0 Å². The SMILES string of the molecule is O=C1CCCN1c1ccc(CNc2ccc(OC(F)(F)F)cn2)cc1. The predicted molar refractivity (Wildman–Crippen MR) is 86.3 cm³/mol. The maximum atomic E-state index is 12.1. The second-order valence-electron chi connectivity index (χ2n) is 5.60. The van der Waals surface area contributed by atoms with Gasteiger partial charge >= 0.3 is 6.36 Å². The minimum atomic E-state index is -4.73. The summed E-state index contributed by atoms with van der Waals surface area (Å²) in [5, 5.41) is 3.02. The third kappa shape index (κ3) is 4.62. The van der Waals surface area contributed by atoms with Gasteiger partial charge in [0.05, 0.1) is 6.20 Å². The minimum Gasteiger partial charge on any atom is -0.404 e. The van der Waals surface area contributed by atoms with Crippen LogP contribution in [-0.2, 0) is 11.3 Å². The van der Waals surface area contributed by atoms with Crippen LogP contribution in [0, 0.1) is 0 Å². The Morgan fingerprint density at radius 3 is 2.48 bits per heavy atom. The number of halogens is 3. The first-order chi connectivity index (χ1) is 11.9. The number of carbonyl (C=O) groups excluding carboxylic acids is 1. The normalized spacial score (nSPS) is 14.7. The average molecular weight is 351 g/mol. The van der Waals surface area contributed by atoms with Gasteiger partial charge in [0.1, 0.15) is 11.6 Å². The number of carbonyl (C=O) groups is 1. The maximum absolute atomic E-state index is 12.1. The van der Waals surface area contributed by atoms with Crippen molar-refractivity contribution in [2.45, 2.75) is 25.7 Å². The second-order valence-corrected chi connectivity index (χ2v) is 5.60. The zero-order valence-corrected chi connectivity index (χ0v) is 13.2. The molecule has 0 aliphatic carbocycles. The van der Waals surface area contributed by atoms with E-state index < -0.39 is 6.36 Å². The lowest BCUT2D eigenvalue weighted by atomic mass is 10.2. The highest BCUT2D eigenvalue weighted by Crippen LogP contribution is 2.23. The van der Waals surface area contributed by atoms with Gasteiger partial charge in [-0.25, -0.2) is 4.98 Å². The van der Waals surface area contributed by atoms with Gasteiger partial charge in [0.15, 0.2) is 0 Å². The lowest BCUT2D eigenvalue weighted by Crippen LogP contribution is -2.23. The molecule has 0 radical (unpaired) electrons. The third-order valence-electron chi connectivity index (χ3n) is 3.76. The topological polar surface area (TPSA) is 54.5 Å². The highest BCUT2D eigenvalue weighted by atomic mass is 19.4. The van der Waals surface area contributed by atoms with Gasteiger partial charge in [0.2, 0.25) is 5.91 Å². The number of nitrogens with zero attached hydrogens (tertiary/aromatic N) is 2. The molecule has 1 aromatic carbocycles. The summed E-state index contributed by atoms with van der Waals surface area (Å²) in [6, 6.07) is 10.2. The van der Waals surface area contributed by atoms with Crippen LogP contribution in [0.4, 0.5) is 24.7 Å². The molecule has 1 amide bonds. The van der Waals surface area contributed by atoms with Crippen molar-refractivity contribution in [2.75, 3.05) is 16.8 Å². The van der Waals surface area contributed by atoms with Crippen LogP contribution in [0.1, 0.15) is 18.4 Å². The highest BCUT2D eigenvalue weighted by Gasteiger charge is 2.31. The van der Waals surface area contributed by atoms with Gasteiger partial charge in [0, 0.05) is 25.2 Å². The van der Waals surface area contributed by atoms with E-state index in [0.29, 0.717) is 18.8 Å². The molecule has 25 heavy (non-hydrogen) atoms. The zero-order chi connectivity index (χ0) is 17.9. The molecule has 0 unspecified atom stereocenters. The molecule has 1 saturated heterocycles. The Kier molecular flexibility index (Phi) is 4.78.